The second kappa shape index (κ2) is 5.26. The summed E-state index contributed by atoms with van der Waals surface area (Å²) >= 11 is 0. The fourth-order valence-electron chi connectivity index (χ4n) is 2.17. The third-order valence-electron chi connectivity index (χ3n) is 3.11. The Morgan fingerprint density at radius 3 is 2.58 bits per heavy atom. The standard InChI is InChI=1S/C13H18N4O2/c1-7-12(14-6-15-13(7)18-5)16-8(2)11-9(3)17-19-10(11)4/h6,8H,1-5H3,(H,14,15,16). The second-order valence-electron chi connectivity index (χ2n) is 4.46. The molecule has 0 spiro atoms. The Morgan fingerprint density at radius 2 is 2.00 bits per heavy atom. The summed E-state index contributed by atoms with van der Waals surface area (Å²) in [4.78, 5) is 8.30. The molecule has 2 aromatic heterocycles. The Hall–Kier alpha value is -2.11. The predicted molar refractivity (Wildman–Crippen MR) is 71.3 cm³/mol. The van der Waals surface area contributed by atoms with Crippen LogP contribution < -0.4 is 10.1 Å². The zero-order chi connectivity index (χ0) is 14.0. The predicted octanol–water partition coefficient (Wildman–Crippen LogP) is 2.57. The van der Waals surface area contributed by atoms with Gasteiger partial charge in [-0.25, -0.2) is 9.97 Å². The van der Waals surface area contributed by atoms with Crippen molar-refractivity contribution in [1.82, 2.24) is 15.1 Å². The van der Waals surface area contributed by atoms with Gasteiger partial charge in [0.15, 0.2) is 0 Å². The van der Waals surface area contributed by atoms with Gasteiger partial charge in [0.05, 0.1) is 24.4 Å². The van der Waals surface area contributed by atoms with Crippen molar-refractivity contribution in [2.24, 2.45) is 0 Å². The zero-order valence-electron chi connectivity index (χ0n) is 11.8. The Balaban J connectivity index is 2.27. The molecule has 19 heavy (non-hydrogen) atoms. The SMILES string of the molecule is COc1ncnc(NC(C)c2c(C)noc2C)c1C. The van der Waals surface area contributed by atoms with Crippen LogP contribution in [-0.2, 0) is 0 Å². The van der Waals surface area contributed by atoms with Crippen LogP contribution in [0.25, 0.3) is 0 Å². The Labute approximate surface area is 112 Å². The molecule has 0 aliphatic rings. The summed E-state index contributed by atoms with van der Waals surface area (Å²) in [6, 6.07) is 0.0459. The molecule has 0 amide bonds. The molecule has 1 unspecified atom stereocenters. The van der Waals surface area contributed by atoms with Crippen molar-refractivity contribution in [3.05, 3.63) is 28.9 Å². The number of rotatable bonds is 4. The van der Waals surface area contributed by atoms with Crippen LogP contribution in [0.4, 0.5) is 5.82 Å². The zero-order valence-corrected chi connectivity index (χ0v) is 11.8. The number of aromatic nitrogens is 3. The van der Waals surface area contributed by atoms with E-state index in [2.05, 4.69) is 20.4 Å². The van der Waals surface area contributed by atoms with Crippen LogP contribution >= 0.6 is 0 Å². The van der Waals surface area contributed by atoms with Crippen molar-refractivity contribution in [3.63, 3.8) is 0 Å². The maximum Gasteiger partial charge on any atom is 0.221 e. The van der Waals surface area contributed by atoms with Gasteiger partial charge in [-0.05, 0) is 27.7 Å². The van der Waals surface area contributed by atoms with Crippen LogP contribution in [0.3, 0.4) is 0 Å². The first-order chi connectivity index (χ1) is 9.04. The highest BCUT2D eigenvalue weighted by Crippen LogP contribution is 2.27. The monoisotopic (exact) mass is 262 g/mol. The highest BCUT2D eigenvalue weighted by atomic mass is 16.5. The maximum atomic E-state index is 5.18. The molecule has 1 N–H and O–H groups in total. The quantitative estimate of drug-likeness (QED) is 0.913. The maximum absolute atomic E-state index is 5.18. The summed E-state index contributed by atoms with van der Waals surface area (Å²) < 4.78 is 10.4. The lowest BCUT2D eigenvalue weighted by Crippen LogP contribution is -2.11. The van der Waals surface area contributed by atoms with Crippen LogP contribution in [-0.4, -0.2) is 22.2 Å². The molecule has 2 rings (SSSR count). The number of hydrogen-bond acceptors (Lipinski definition) is 6. The summed E-state index contributed by atoms with van der Waals surface area (Å²) in [5, 5.41) is 7.30. The number of methoxy groups -OCH3 is 1. The van der Waals surface area contributed by atoms with Gasteiger partial charge in [0, 0.05) is 5.56 Å². The third-order valence-corrected chi connectivity index (χ3v) is 3.11. The Morgan fingerprint density at radius 1 is 1.26 bits per heavy atom. The largest absolute Gasteiger partial charge is 0.481 e. The van der Waals surface area contributed by atoms with E-state index < -0.39 is 0 Å². The normalized spacial score (nSPS) is 12.3. The molecular formula is C13H18N4O2. The minimum atomic E-state index is 0.0459. The molecule has 0 saturated carbocycles. The van der Waals surface area contributed by atoms with E-state index in [9.17, 15) is 0 Å². The van der Waals surface area contributed by atoms with Gasteiger partial charge < -0.3 is 14.6 Å². The fraction of sp³-hybridized carbons (Fsp3) is 0.462. The molecule has 0 aliphatic carbocycles. The highest BCUT2D eigenvalue weighted by molar-refractivity contribution is 5.49. The van der Waals surface area contributed by atoms with E-state index in [1.165, 1.54) is 6.33 Å². The van der Waals surface area contributed by atoms with Crippen molar-refractivity contribution < 1.29 is 9.26 Å². The van der Waals surface area contributed by atoms with E-state index >= 15 is 0 Å². The molecule has 2 aromatic rings. The summed E-state index contributed by atoms with van der Waals surface area (Å²) in [7, 11) is 1.59. The topological polar surface area (TPSA) is 73.1 Å². The Kier molecular flexibility index (Phi) is 3.69. The van der Waals surface area contributed by atoms with Crippen LogP contribution in [0.2, 0.25) is 0 Å². The molecule has 0 radical (unpaired) electrons. The summed E-state index contributed by atoms with van der Waals surface area (Å²) in [6.07, 6.45) is 1.48. The van der Waals surface area contributed by atoms with Crippen molar-refractivity contribution in [3.8, 4) is 5.88 Å². The van der Waals surface area contributed by atoms with Gasteiger partial charge in [0.25, 0.3) is 0 Å². The minimum absolute atomic E-state index is 0.0459. The first-order valence-corrected chi connectivity index (χ1v) is 6.09. The van der Waals surface area contributed by atoms with Gasteiger partial charge in [-0.3, -0.25) is 0 Å². The molecule has 102 valence electrons. The van der Waals surface area contributed by atoms with E-state index in [-0.39, 0.29) is 6.04 Å². The summed E-state index contributed by atoms with van der Waals surface area (Å²) in [6.45, 7) is 7.79. The van der Waals surface area contributed by atoms with E-state index in [1.807, 2.05) is 27.7 Å². The number of nitrogens with one attached hydrogen (secondary N) is 1. The molecule has 1 atom stereocenters. The van der Waals surface area contributed by atoms with Gasteiger partial charge in [0.1, 0.15) is 17.9 Å². The van der Waals surface area contributed by atoms with E-state index in [0.717, 1.165) is 28.4 Å². The van der Waals surface area contributed by atoms with Gasteiger partial charge in [0.2, 0.25) is 5.88 Å². The number of nitrogens with zero attached hydrogens (tertiary/aromatic N) is 3. The van der Waals surface area contributed by atoms with Crippen LogP contribution in [0.15, 0.2) is 10.9 Å². The summed E-state index contributed by atoms with van der Waals surface area (Å²) in [5.74, 6) is 2.14. The highest BCUT2D eigenvalue weighted by Gasteiger charge is 2.18. The van der Waals surface area contributed by atoms with Crippen LogP contribution in [0.1, 0.15) is 35.5 Å². The van der Waals surface area contributed by atoms with Gasteiger partial charge in [-0.2, -0.15) is 0 Å². The van der Waals surface area contributed by atoms with E-state index in [4.69, 9.17) is 9.26 Å². The van der Waals surface area contributed by atoms with Crippen LogP contribution in [0, 0.1) is 20.8 Å². The average Bonchev–Trinajstić information content (AvgIpc) is 2.71. The lowest BCUT2D eigenvalue weighted by Gasteiger charge is -2.16. The number of aryl methyl sites for hydroxylation is 2. The second-order valence-corrected chi connectivity index (χ2v) is 4.46. The third kappa shape index (κ3) is 2.52. The van der Waals surface area contributed by atoms with E-state index in [0.29, 0.717) is 5.88 Å². The van der Waals surface area contributed by atoms with Crippen molar-refractivity contribution in [2.45, 2.75) is 33.7 Å². The lowest BCUT2D eigenvalue weighted by atomic mass is 10.1. The molecule has 0 saturated heterocycles. The van der Waals surface area contributed by atoms with Crippen LogP contribution in [0.5, 0.6) is 5.88 Å². The first-order valence-electron chi connectivity index (χ1n) is 6.09. The Bertz CT molecular complexity index is 561. The smallest absolute Gasteiger partial charge is 0.221 e. The number of ether oxygens (including phenoxy) is 1. The molecule has 6 heteroatoms. The summed E-state index contributed by atoms with van der Waals surface area (Å²) in [5.41, 5.74) is 2.82. The fourth-order valence-corrected chi connectivity index (χ4v) is 2.17. The lowest BCUT2D eigenvalue weighted by molar-refractivity contribution is 0.391. The number of anilines is 1. The van der Waals surface area contributed by atoms with Crippen molar-refractivity contribution in [2.75, 3.05) is 12.4 Å². The molecule has 0 fully saturated rings. The molecule has 0 bridgehead atoms. The molecular weight excluding hydrogens is 244 g/mol. The van der Waals surface area contributed by atoms with E-state index in [1.54, 1.807) is 7.11 Å². The first kappa shape index (κ1) is 13.3. The van der Waals surface area contributed by atoms with Crippen molar-refractivity contribution >= 4 is 5.82 Å². The minimum Gasteiger partial charge on any atom is -0.481 e. The van der Waals surface area contributed by atoms with Gasteiger partial charge in [-0.1, -0.05) is 5.16 Å². The van der Waals surface area contributed by atoms with Crippen molar-refractivity contribution in [1.29, 1.82) is 0 Å². The molecule has 6 nitrogen and oxygen atoms in total. The molecule has 0 aliphatic heterocycles. The molecule has 0 aromatic carbocycles. The number of hydrogen-bond donors (Lipinski definition) is 1. The average molecular weight is 262 g/mol. The van der Waals surface area contributed by atoms with Gasteiger partial charge in [-0.15, -0.1) is 0 Å². The molecule has 2 heterocycles. The van der Waals surface area contributed by atoms with Gasteiger partial charge >= 0.3 is 0 Å².